The fourth-order valence-electron chi connectivity index (χ4n) is 0.715. The number of halogens is 5. The molecule has 0 N–H and O–H groups in total. The van der Waals surface area contributed by atoms with Gasteiger partial charge in [0.25, 0.3) is 0 Å². The third-order valence-electron chi connectivity index (χ3n) is 1.33. The summed E-state index contributed by atoms with van der Waals surface area (Å²) in [7, 11) is 0. The number of benzene rings is 1. The second-order valence-corrected chi connectivity index (χ2v) is 7.46. The topological polar surface area (TPSA) is 0 Å². The summed E-state index contributed by atoms with van der Waals surface area (Å²) in [5.74, 6) is 2.49. The molecule has 67 valence electrons. The highest BCUT2D eigenvalue weighted by Crippen LogP contribution is 2.32. The summed E-state index contributed by atoms with van der Waals surface area (Å²) in [5.41, 5.74) is 0.912. The Morgan fingerprint density at radius 3 is 1.31 bits per heavy atom. The molecule has 0 bridgehead atoms. The van der Waals surface area contributed by atoms with Crippen LogP contribution in [0.5, 0.6) is 0 Å². The molecule has 0 nitrogen and oxygen atoms in total. The van der Waals surface area contributed by atoms with Crippen molar-refractivity contribution < 1.29 is 0 Å². The first-order chi connectivity index (χ1) is 6.00. The van der Waals surface area contributed by atoms with Gasteiger partial charge in [-0.15, -0.1) is 0 Å². The average molecular weight is 731 g/mol. The molecule has 0 aliphatic carbocycles. The molecule has 0 fully saturated rings. The van der Waals surface area contributed by atoms with Crippen molar-refractivity contribution in [2.24, 2.45) is 0 Å². The number of rotatable bonds is 0. The third-order valence-corrected chi connectivity index (χ3v) is 10.9. The zero-order valence-electron chi connectivity index (χ0n) is 5.89. The minimum absolute atomic E-state index is 0.912. The molecule has 5 heteroatoms. The van der Waals surface area contributed by atoms with Gasteiger partial charge in [0.2, 0.25) is 0 Å². The molecule has 0 aliphatic rings. The van der Waals surface area contributed by atoms with E-state index in [2.05, 4.69) is 119 Å². The van der Waals surface area contributed by atoms with Crippen molar-refractivity contribution in [3.05, 3.63) is 29.8 Å². The van der Waals surface area contributed by atoms with Crippen LogP contribution in [0, 0.1) is 30.2 Å². The van der Waals surface area contributed by atoms with E-state index in [9.17, 15) is 0 Å². The third kappa shape index (κ3) is 2.76. The highest BCUT2D eigenvalue weighted by atomic mass is 127. The maximum Gasteiger partial charge on any atom is 0.0544 e. The van der Waals surface area contributed by atoms with Crippen molar-refractivity contribution in [2.45, 2.75) is 0 Å². The van der Waals surface area contributed by atoms with E-state index in [1.807, 2.05) is 0 Å². The second kappa shape index (κ2) is 5.67. The first-order valence-electron chi connectivity index (χ1n) is 2.94. The molecule has 0 amide bonds. The van der Waals surface area contributed by atoms with Crippen LogP contribution in [0.2, 0.25) is 0 Å². The molecule has 1 rings (SSSR count). The monoisotopic (exact) mass is 731 g/mol. The number of hydrogen-bond acceptors (Lipinski definition) is 0. The maximum atomic E-state index is 7.22. The van der Waals surface area contributed by atoms with Gasteiger partial charge in [0.05, 0.1) is 5.56 Å². The normalized spacial score (nSPS) is 9.85. The molecule has 1 radical (unpaired) electrons. The quantitative estimate of drug-likeness (QED) is 0.158. The van der Waals surface area contributed by atoms with E-state index in [1.165, 1.54) is 10.7 Å². The van der Waals surface area contributed by atoms with Gasteiger partial charge in [0.1, 0.15) is 0 Å². The van der Waals surface area contributed by atoms with Gasteiger partial charge in [0.15, 0.2) is 0 Å². The Kier molecular flexibility index (Phi) is 5.88. The van der Waals surface area contributed by atoms with Crippen LogP contribution in [-0.2, 0) is 0 Å². The molecule has 0 heterocycles. The van der Waals surface area contributed by atoms with Gasteiger partial charge < -0.3 is 0 Å². The molecule has 0 spiro atoms. The Bertz CT molecular complexity index is 373. The first-order valence-corrected chi connectivity index (χ1v) is 8.34. The number of hydrogen-bond donors (Lipinski definition) is 0. The highest BCUT2D eigenvalue weighted by molar-refractivity contribution is 14.1. The van der Waals surface area contributed by atoms with Crippen molar-refractivity contribution >= 4 is 113 Å². The lowest BCUT2D eigenvalue weighted by Gasteiger charge is -2.08. The van der Waals surface area contributed by atoms with Crippen LogP contribution in [0.3, 0.4) is 0 Å². The molecule has 0 unspecified atom stereocenters. The molecule has 0 saturated carbocycles. The van der Waals surface area contributed by atoms with Crippen LogP contribution in [0.1, 0.15) is 5.56 Å². The van der Waals surface area contributed by atoms with Crippen LogP contribution >= 0.6 is 113 Å². The molecular weight excluding hydrogens is 731 g/mol. The van der Waals surface area contributed by atoms with Gasteiger partial charge >= 0.3 is 0 Å². The van der Waals surface area contributed by atoms with E-state index in [4.69, 9.17) is 6.42 Å². The van der Waals surface area contributed by atoms with E-state index >= 15 is 0 Å². The lowest BCUT2D eigenvalue weighted by Crippen LogP contribution is -1.99. The summed E-state index contributed by atoms with van der Waals surface area (Å²) in [5, 5.41) is 0. The van der Waals surface area contributed by atoms with E-state index in [1.54, 1.807) is 0 Å². The van der Waals surface area contributed by atoms with Crippen LogP contribution in [0.15, 0.2) is 0 Å². The smallest absolute Gasteiger partial charge is 0.0505 e. The van der Waals surface area contributed by atoms with E-state index in [0.717, 1.165) is 12.7 Å². The van der Waals surface area contributed by atoms with Gasteiger partial charge in [-0.3, -0.25) is 0 Å². The lowest BCUT2D eigenvalue weighted by molar-refractivity contribution is 1.40. The van der Waals surface area contributed by atoms with Crippen LogP contribution < -0.4 is 0 Å². The fraction of sp³-hybridized carbons (Fsp3) is 0. The summed E-state index contributed by atoms with van der Waals surface area (Å²) < 4.78 is 5.97. The molecule has 0 aliphatic heterocycles. The van der Waals surface area contributed by atoms with Gasteiger partial charge in [-0.2, -0.15) is 0 Å². The van der Waals surface area contributed by atoms with Crippen molar-refractivity contribution in [3.63, 3.8) is 0 Å². The summed E-state index contributed by atoms with van der Waals surface area (Å²) in [6.07, 6.45) is 7.22. The van der Waals surface area contributed by atoms with E-state index < -0.39 is 0 Å². The Balaban J connectivity index is 3.69. The SMILES string of the molecule is [C]#Cc1c(I)c(I)c(I)c(I)c1I. The standard InChI is InChI=1S/C8I5/c1-2-3-4(9)6(11)8(13)7(12)5(3)10. The summed E-state index contributed by atoms with van der Waals surface area (Å²) in [6.45, 7) is 0. The Morgan fingerprint density at radius 2 is 1.00 bits per heavy atom. The fourth-order valence-corrected chi connectivity index (χ4v) is 5.75. The molecule has 0 aromatic heterocycles. The van der Waals surface area contributed by atoms with Crippen LogP contribution in [-0.4, -0.2) is 0 Å². The molecular formula is C8I5. The molecule has 0 saturated heterocycles. The lowest BCUT2D eigenvalue weighted by atomic mass is 10.2. The van der Waals surface area contributed by atoms with Gasteiger partial charge in [-0.1, -0.05) is 5.92 Å². The van der Waals surface area contributed by atoms with Gasteiger partial charge in [-0.05, 0) is 119 Å². The molecule has 1 aromatic rings. The van der Waals surface area contributed by atoms with Crippen LogP contribution in [0.4, 0.5) is 0 Å². The zero-order chi connectivity index (χ0) is 10.2. The molecule has 0 atom stereocenters. The Morgan fingerprint density at radius 1 is 0.692 bits per heavy atom. The van der Waals surface area contributed by atoms with Crippen molar-refractivity contribution in [3.8, 4) is 5.92 Å². The van der Waals surface area contributed by atoms with Crippen molar-refractivity contribution in [1.82, 2.24) is 0 Å². The largest absolute Gasteiger partial charge is 0.0544 e. The molecule has 13 heavy (non-hydrogen) atoms. The van der Waals surface area contributed by atoms with Crippen molar-refractivity contribution in [2.75, 3.05) is 0 Å². The molecule has 1 aromatic carbocycles. The van der Waals surface area contributed by atoms with Gasteiger partial charge in [-0.25, -0.2) is 0 Å². The average Bonchev–Trinajstić information content (AvgIpc) is 2.13. The zero-order valence-corrected chi connectivity index (χ0v) is 16.7. The highest BCUT2D eigenvalue weighted by Gasteiger charge is 2.15. The predicted octanol–water partition coefficient (Wildman–Crippen LogP) is 4.65. The maximum absolute atomic E-state index is 7.22. The summed E-state index contributed by atoms with van der Waals surface area (Å²) >= 11 is 11.5. The summed E-state index contributed by atoms with van der Waals surface area (Å²) in [6, 6.07) is 0. The van der Waals surface area contributed by atoms with E-state index in [0.29, 0.717) is 0 Å². The first kappa shape index (κ1) is 13.5. The van der Waals surface area contributed by atoms with Crippen molar-refractivity contribution in [1.29, 1.82) is 0 Å². The minimum Gasteiger partial charge on any atom is -0.0505 e. The summed E-state index contributed by atoms with van der Waals surface area (Å²) in [4.78, 5) is 0. The predicted molar refractivity (Wildman–Crippen MR) is 96.3 cm³/mol. The minimum atomic E-state index is 0.912. The van der Waals surface area contributed by atoms with E-state index in [-0.39, 0.29) is 0 Å². The van der Waals surface area contributed by atoms with Gasteiger partial charge in [0, 0.05) is 17.9 Å². The Hall–Kier alpha value is 2.43. The van der Waals surface area contributed by atoms with Crippen LogP contribution in [0.25, 0.3) is 0 Å². The Labute approximate surface area is 145 Å². The second-order valence-electron chi connectivity index (χ2n) is 2.07.